The summed E-state index contributed by atoms with van der Waals surface area (Å²) in [6.07, 6.45) is 0. The molecule has 0 atom stereocenters. The summed E-state index contributed by atoms with van der Waals surface area (Å²) in [5, 5.41) is 14.0. The first-order valence-corrected chi connectivity index (χ1v) is 12.4. The molecule has 0 heterocycles. The van der Waals surface area contributed by atoms with Gasteiger partial charge in [0, 0.05) is 0 Å². The molecule has 0 spiro atoms. The minimum Gasteiger partial charge on any atom is -0.293 e. The first-order chi connectivity index (χ1) is 11.7. The number of nitrogens with zero attached hydrogens (tertiary/aromatic N) is 4. The molecule has 24 heavy (non-hydrogen) atoms. The van der Waals surface area contributed by atoms with Crippen molar-refractivity contribution in [2.75, 3.05) is 70.5 Å². The maximum Gasteiger partial charge on any atom is 0.293 e. The number of hydrogen-bond acceptors (Lipinski definition) is 0. The van der Waals surface area contributed by atoms with Crippen molar-refractivity contribution in [1.82, 2.24) is 0 Å². The summed E-state index contributed by atoms with van der Waals surface area (Å²) in [5.41, 5.74) is 11.5. The molecule has 0 rings (SSSR count). The van der Waals surface area contributed by atoms with E-state index in [2.05, 4.69) is 61.5 Å². The van der Waals surface area contributed by atoms with Crippen LogP contribution in [0.4, 0.5) is 0 Å². The molecule has 6 nitrogen and oxygen atoms in total. The van der Waals surface area contributed by atoms with Gasteiger partial charge in [-0.25, -0.2) is 0 Å². The molecule has 0 aromatic carbocycles. The van der Waals surface area contributed by atoms with Gasteiger partial charge < -0.3 is 32.7 Å². The van der Waals surface area contributed by atoms with Gasteiger partial charge in [0.15, 0.2) is 0 Å². The number of hydrogen-bond donors (Lipinski definition) is 0. The second-order valence-electron chi connectivity index (χ2n) is 1.79. The van der Waals surface area contributed by atoms with E-state index in [0.29, 0.717) is 0 Å². The maximum absolute atomic E-state index is 5.75. The fourth-order valence-electron chi connectivity index (χ4n) is 0. The number of halogens is 4. The van der Waals surface area contributed by atoms with E-state index in [4.69, 9.17) is 11.5 Å². The van der Waals surface area contributed by atoms with Crippen LogP contribution in [0.5, 0.6) is 0 Å². The molecule has 0 fully saturated rings. The van der Waals surface area contributed by atoms with Crippen LogP contribution in [0.25, 0.3) is 32.7 Å². The first-order valence-electron chi connectivity index (χ1n) is 5.45. The normalized spacial score (nSPS) is 4.50. The van der Waals surface area contributed by atoms with Gasteiger partial charge in [0.25, 0.3) is 30.7 Å². The Morgan fingerprint density at radius 1 is 0.458 bits per heavy atom. The minimum absolute atomic E-state index is 1.25. The molecule has 0 bridgehead atoms. The van der Waals surface area contributed by atoms with Crippen molar-refractivity contribution in [2.24, 2.45) is 0 Å². The maximum atomic E-state index is 5.75. The molecule has 0 saturated carbocycles. The van der Waals surface area contributed by atoms with Gasteiger partial charge >= 0.3 is 50.8 Å². The minimum atomic E-state index is 1.25. The number of nitrogens with one attached hydrogen (secondary N) is 2. The molecule has 0 unspecified atom stereocenters. The van der Waals surface area contributed by atoms with Crippen LogP contribution >= 0.6 is 40.2 Å². The summed E-state index contributed by atoms with van der Waals surface area (Å²) >= 11 is 7.56. The van der Waals surface area contributed by atoms with E-state index in [-0.39, 0.29) is 0 Å². The Morgan fingerprint density at radius 2 is 0.458 bits per heavy atom. The molecule has 14 heteroatoms. The zero-order valence-electron chi connectivity index (χ0n) is 16.6. The predicted octanol–water partition coefficient (Wildman–Crippen LogP) is 5.05. The largest absolute Gasteiger partial charge is 0.293 e. The Kier molecular flexibility index (Phi) is 865. The third-order valence-electron chi connectivity index (χ3n) is 0. The van der Waals surface area contributed by atoms with Crippen LogP contribution in [-0.2, 0) is 0 Å². The smallest absolute Gasteiger partial charge is 0.293 e. The van der Waals surface area contributed by atoms with Crippen LogP contribution in [0.2, 0.25) is 0 Å². The van der Waals surface area contributed by atoms with Gasteiger partial charge in [-0.15, -0.1) is 0 Å². The van der Waals surface area contributed by atoms with Crippen molar-refractivity contribution in [2.45, 2.75) is 0 Å². The average Bonchev–Trinajstić information content (AvgIpc) is 2.67. The Bertz CT molecular complexity index is 53.3. The molecule has 0 aromatic heterocycles. The van der Waals surface area contributed by atoms with E-state index >= 15 is 0 Å². The van der Waals surface area contributed by atoms with E-state index in [0.717, 1.165) is 0 Å². The summed E-state index contributed by atoms with van der Waals surface area (Å²) in [6, 6.07) is 0. The van der Waals surface area contributed by atoms with Gasteiger partial charge in [0.05, 0.1) is 0 Å². The zero-order chi connectivity index (χ0) is 22.8. The van der Waals surface area contributed by atoms with E-state index in [1.807, 2.05) is 61.5 Å². The van der Waals surface area contributed by atoms with E-state index in [9.17, 15) is 0 Å². The SMILES string of the molecule is C[N-]C.C[N-]C.C[N-]C.C[N-]C.C[NH-].C[NH-].[Al+2][Cl].[Al+2][Cl].[Al][Cl].[Al][Cl]. The van der Waals surface area contributed by atoms with Crippen molar-refractivity contribution in [3.63, 3.8) is 0 Å². The number of rotatable bonds is 0. The van der Waals surface area contributed by atoms with E-state index in [1.165, 1.54) is 14.1 Å². The summed E-state index contributed by atoms with van der Waals surface area (Å²) < 4.78 is 0. The quantitative estimate of drug-likeness (QED) is 0.428. The Balaban J connectivity index is -0.0000000114. The molecule has 4 radical (unpaired) electrons. The third-order valence-corrected chi connectivity index (χ3v) is 0. The Hall–Kier alpha value is 3.05. The van der Waals surface area contributed by atoms with E-state index in [1.54, 1.807) is 56.4 Å². The van der Waals surface area contributed by atoms with Gasteiger partial charge in [-0.05, 0) is 0 Å². The van der Waals surface area contributed by atoms with E-state index < -0.39 is 0 Å². The van der Waals surface area contributed by atoms with Gasteiger partial charge in [-0.3, -0.25) is 20.1 Å². The summed E-state index contributed by atoms with van der Waals surface area (Å²) in [4.78, 5) is 0. The molecule has 0 aliphatic heterocycles. The van der Waals surface area contributed by atoms with Crippen molar-refractivity contribution in [3.8, 4) is 0 Å². The second kappa shape index (κ2) is 329. The van der Waals surface area contributed by atoms with Gasteiger partial charge in [0.1, 0.15) is 0 Å². The molecule has 0 amide bonds. The first kappa shape index (κ1) is 63.1. The fraction of sp³-hybridized carbons (Fsp3) is 1.00. The molecule has 2 N–H and O–H groups in total. The summed E-state index contributed by atoms with van der Waals surface area (Å²) in [5.74, 6) is 0. The van der Waals surface area contributed by atoms with Crippen LogP contribution in [0.15, 0.2) is 0 Å². The van der Waals surface area contributed by atoms with Gasteiger partial charge in [-0.1, -0.05) is 0 Å². The molecular weight excluding hydrogens is 454 g/mol. The molecule has 0 aliphatic rings. The average molecular weight is 486 g/mol. The third kappa shape index (κ3) is 1560. The van der Waals surface area contributed by atoms with Crippen LogP contribution in [0.1, 0.15) is 0 Å². The van der Waals surface area contributed by atoms with Crippen LogP contribution < -0.4 is 0 Å². The van der Waals surface area contributed by atoms with Gasteiger partial charge in [0.2, 0.25) is 0 Å². The van der Waals surface area contributed by atoms with Gasteiger partial charge in [-0.2, -0.15) is 70.5 Å². The van der Waals surface area contributed by atoms with Crippen LogP contribution in [0, 0.1) is 0 Å². The predicted molar refractivity (Wildman–Crippen MR) is 128 cm³/mol. The van der Waals surface area contributed by atoms with Crippen molar-refractivity contribution >= 4 is 102 Å². The van der Waals surface area contributed by atoms with Crippen molar-refractivity contribution in [1.29, 1.82) is 0 Å². The Morgan fingerprint density at radius 3 is 0.458 bits per heavy atom. The molecule has 0 aliphatic carbocycles. The van der Waals surface area contributed by atoms with Crippen molar-refractivity contribution < 1.29 is 0 Å². The summed E-state index contributed by atoms with van der Waals surface area (Å²) in [6.45, 7) is 0. The standard InChI is InChI=1S/4C2H6N.2CH4N.4Al.4ClH/c4*1-3-2;2*1-2;;;;;;;;/h4*1-2H3;2*2H,1H3;;;;;4*1H/q6*-1;2*+1;2*+3;;;;/p-4. The molecular formula is C10H32Al4Cl4N6-2. The van der Waals surface area contributed by atoms with Crippen molar-refractivity contribution in [3.05, 3.63) is 32.7 Å². The fourth-order valence-corrected chi connectivity index (χ4v) is 0. The van der Waals surface area contributed by atoms with Crippen LogP contribution in [0.3, 0.4) is 0 Å². The second-order valence-corrected chi connectivity index (χ2v) is 1.79. The zero-order valence-corrected chi connectivity index (χ0v) is 24.3. The topological polar surface area (TPSA) is 104 Å². The molecule has 0 saturated heterocycles. The molecule has 144 valence electrons. The molecule has 0 aromatic rings. The van der Waals surface area contributed by atoms with Crippen LogP contribution in [-0.4, -0.2) is 132 Å². The monoisotopic (exact) mass is 484 g/mol. The Labute approximate surface area is 203 Å². The summed E-state index contributed by atoms with van der Waals surface area (Å²) in [7, 11) is 34.7.